The third-order valence-corrected chi connectivity index (χ3v) is 3.94. The van der Waals surface area contributed by atoms with Gasteiger partial charge in [0.25, 0.3) is 11.6 Å². The molecule has 0 radical (unpaired) electrons. The molecule has 0 saturated carbocycles. The topological polar surface area (TPSA) is 111 Å². The van der Waals surface area contributed by atoms with Crippen LogP contribution in [0.2, 0.25) is 0 Å². The molecule has 0 aliphatic carbocycles. The largest absolute Gasteiger partial charge is 0.452 e. The number of carbonyl (C=O) groups is 2. The molecule has 8 heteroatoms. The van der Waals surface area contributed by atoms with Crippen molar-refractivity contribution in [2.45, 2.75) is 26.3 Å². The lowest BCUT2D eigenvalue weighted by molar-refractivity contribution is -0.384. The molecule has 28 heavy (non-hydrogen) atoms. The first kappa shape index (κ1) is 20.9. The lowest BCUT2D eigenvalue weighted by Crippen LogP contribution is -2.29. The molecule has 0 saturated heterocycles. The number of unbranched alkanes of at least 4 members (excludes halogenated alkanes) is 1. The van der Waals surface area contributed by atoms with Gasteiger partial charge in [0.15, 0.2) is 6.61 Å². The zero-order chi connectivity index (χ0) is 20.4. The maximum Gasteiger partial charge on any atom is 0.338 e. The van der Waals surface area contributed by atoms with Gasteiger partial charge in [0.2, 0.25) is 0 Å². The Morgan fingerprint density at radius 1 is 1.14 bits per heavy atom. The maximum atomic E-state index is 12.1. The fourth-order valence-electron chi connectivity index (χ4n) is 2.42. The van der Waals surface area contributed by atoms with Gasteiger partial charge in [-0.2, -0.15) is 0 Å². The van der Waals surface area contributed by atoms with E-state index in [2.05, 4.69) is 10.6 Å². The highest BCUT2D eigenvalue weighted by atomic mass is 16.6. The molecular formula is C20H23N3O5. The van der Waals surface area contributed by atoms with E-state index in [1.165, 1.54) is 12.1 Å². The van der Waals surface area contributed by atoms with Gasteiger partial charge in [0.05, 0.1) is 10.5 Å². The van der Waals surface area contributed by atoms with E-state index in [1.807, 2.05) is 37.3 Å². The van der Waals surface area contributed by atoms with Crippen LogP contribution in [0.1, 0.15) is 35.7 Å². The van der Waals surface area contributed by atoms with E-state index in [0.717, 1.165) is 24.5 Å². The van der Waals surface area contributed by atoms with Gasteiger partial charge in [-0.15, -0.1) is 0 Å². The number of hydrogen-bond acceptors (Lipinski definition) is 6. The van der Waals surface area contributed by atoms with Crippen molar-refractivity contribution in [1.29, 1.82) is 0 Å². The van der Waals surface area contributed by atoms with Crippen LogP contribution in [0.25, 0.3) is 0 Å². The smallest absolute Gasteiger partial charge is 0.338 e. The summed E-state index contributed by atoms with van der Waals surface area (Å²) in [5.74, 6) is -1.19. The minimum atomic E-state index is -0.789. The standard InChI is InChI=1S/C20H23N3O5/c1-2-3-11-21-19(24)14-28-20(25)16-9-10-17(18(12-16)23(26)27)22-13-15-7-5-4-6-8-15/h4-10,12,22H,2-3,11,13-14H2,1H3,(H,21,24). The highest BCUT2D eigenvalue weighted by Crippen LogP contribution is 2.26. The van der Waals surface area contributed by atoms with Gasteiger partial charge in [-0.1, -0.05) is 43.7 Å². The molecule has 2 rings (SSSR count). The highest BCUT2D eigenvalue weighted by molar-refractivity contribution is 5.93. The first-order valence-corrected chi connectivity index (χ1v) is 9.01. The van der Waals surface area contributed by atoms with Crippen LogP contribution in [0.5, 0.6) is 0 Å². The van der Waals surface area contributed by atoms with Gasteiger partial charge >= 0.3 is 5.97 Å². The van der Waals surface area contributed by atoms with Gasteiger partial charge in [0.1, 0.15) is 5.69 Å². The molecule has 0 bridgehead atoms. The molecule has 2 aromatic carbocycles. The zero-order valence-corrected chi connectivity index (χ0v) is 15.6. The summed E-state index contributed by atoms with van der Waals surface area (Å²) in [5.41, 5.74) is 1.04. The summed E-state index contributed by atoms with van der Waals surface area (Å²) in [7, 11) is 0. The van der Waals surface area contributed by atoms with Crippen LogP contribution in [-0.4, -0.2) is 30.0 Å². The van der Waals surface area contributed by atoms with Crippen LogP contribution < -0.4 is 10.6 Å². The number of nitro benzene ring substituents is 1. The van der Waals surface area contributed by atoms with Crippen molar-refractivity contribution < 1.29 is 19.2 Å². The van der Waals surface area contributed by atoms with E-state index in [4.69, 9.17) is 4.74 Å². The zero-order valence-electron chi connectivity index (χ0n) is 15.6. The monoisotopic (exact) mass is 385 g/mol. The first-order chi connectivity index (χ1) is 13.5. The van der Waals surface area contributed by atoms with Crippen LogP contribution in [0.4, 0.5) is 11.4 Å². The second-order valence-corrected chi connectivity index (χ2v) is 6.11. The third kappa shape index (κ3) is 6.39. The Morgan fingerprint density at radius 3 is 2.57 bits per heavy atom. The van der Waals surface area contributed by atoms with Crippen molar-refractivity contribution in [3.63, 3.8) is 0 Å². The Hall–Kier alpha value is -3.42. The van der Waals surface area contributed by atoms with Crippen LogP contribution >= 0.6 is 0 Å². The number of hydrogen-bond donors (Lipinski definition) is 2. The molecule has 2 aromatic rings. The second kappa shape index (κ2) is 10.7. The van der Waals surface area contributed by atoms with Crippen molar-refractivity contribution >= 4 is 23.3 Å². The molecule has 0 spiro atoms. The summed E-state index contributed by atoms with van der Waals surface area (Å²) < 4.78 is 4.93. The Labute approximate surface area is 163 Å². The molecule has 0 atom stereocenters. The summed E-state index contributed by atoms with van der Waals surface area (Å²) in [4.78, 5) is 34.5. The van der Waals surface area contributed by atoms with Crippen LogP contribution in [0.15, 0.2) is 48.5 Å². The number of nitrogens with one attached hydrogen (secondary N) is 2. The Balaban J connectivity index is 1.99. The fraction of sp³-hybridized carbons (Fsp3) is 0.300. The van der Waals surface area contributed by atoms with E-state index < -0.39 is 23.4 Å². The first-order valence-electron chi connectivity index (χ1n) is 9.01. The van der Waals surface area contributed by atoms with Crippen molar-refractivity contribution in [2.24, 2.45) is 0 Å². The lowest BCUT2D eigenvalue weighted by Gasteiger charge is -2.09. The van der Waals surface area contributed by atoms with Crippen molar-refractivity contribution in [3.05, 3.63) is 69.8 Å². The normalized spacial score (nSPS) is 10.2. The highest BCUT2D eigenvalue weighted by Gasteiger charge is 2.19. The molecule has 8 nitrogen and oxygen atoms in total. The van der Waals surface area contributed by atoms with Gasteiger partial charge < -0.3 is 15.4 Å². The number of benzene rings is 2. The maximum absolute atomic E-state index is 12.1. The van der Waals surface area contributed by atoms with Crippen LogP contribution in [0.3, 0.4) is 0 Å². The van der Waals surface area contributed by atoms with E-state index in [0.29, 0.717) is 18.8 Å². The van der Waals surface area contributed by atoms with E-state index in [9.17, 15) is 19.7 Å². The predicted octanol–water partition coefficient (Wildman–Crippen LogP) is 3.28. The number of carbonyl (C=O) groups excluding carboxylic acids is 2. The van der Waals surface area contributed by atoms with E-state index in [1.54, 1.807) is 0 Å². The minimum Gasteiger partial charge on any atom is -0.452 e. The Kier molecular flexibility index (Phi) is 7.95. The lowest BCUT2D eigenvalue weighted by atomic mass is 10.1. The predicted molar refractivity (Wildman–Crippen MR) is 105 cm³/mol. The van der Waals surface area contributed by atoms with Crippen molar-refractivity contribution in [3.8, 4) is 0 Å². The molecule has 0 heterocycles. The summed E-state index contributed by atoms with van der Waals surface area (Å²) in [5, 5.41) is 17.0. The number of amides is 1. The van der Waals surface area contributed by atoms with E-state index >= 15 is 0 Å². The summed E-state index contributed by atoms with van der Waals surface area (Å²) in [6.45, 7) is 2.49. The molecule has 2 N–H and O–H groups in total. The third-order valence-electron chi connectivity index (χ3n) is 3.94. The molecule has 1 amide bonds. The minimum absolute atomic E-state index is 0.0123. The van der Waals surface area contributed by atoms with Gasteiger partial charge in [-0.25, -0.2) is 4.79 Å². The number of ether oxygens (including phenoxy) is 1. The quantitative estimate of drug-likeness (QED) is 0.281. The van der Waals surface area contributed by atoms with E-state index in [-0.39, 0.29) is 11.3 Å². The summed E-state index contributed by atoms with van der Waals surface area (Å²) in [6.07, 6.45) is 1.78. The molecule has 0 aliphatic rings. The van der Waals surface area contributed by atoms with Crippen molar-refractivity contribution in [2.75, 3.05) is 18.5 Å². The number of nitro groups is 1. The average molecular weight is 385 g/mol. The number of nitrogens with zero attached hydrogens (tertiary/aromatic N) is 1. The van der Waals surface area contributed by atoms with Gasteiger partial charge in [0, 0.05) is 19.2 Å². The Bertz CT molecular complexity index is 824. The average Bonchev–Trinajstić information content (AvgIpc) is 2.71. The SMILES string of the molecule is CCCCNC(=O)COC(=O)c1ccc(NCc2ccccc2)c([N+](=O)[O-])c1. The number of rotatable bonds is 10. The summed E-state index contributed by atoms with van der Waals surface area (Å²) in [6, 6.07) is 13.5. The van der Waals surface area contributed by atoms with Gasteiger partial charge in [-0.3, -0.25) is 14.9 Å². The second-order valence-electron chi connectivity index (χ2n) is 6.11. The van der Waals surface area contributed by atoms with Crippen LogP contribution in [0, 0.1) is 10.1 Å². The van der Waals surface area contributed by atoms with Crippen molar-refractivity contribution in [1.82, 2.24) is 5.32 Å². The van der Waals surface area contributed by atoms with Crippen LogP contribution in [-0.2, 0) is 16.1 Å². The molecule has 0 aliphatic heterocycles. The summed E-state index contributed by atoms with van der Waals surface area (Å²) >= 11 is 0. The number of anilines is 1. The van der Waals surface area contributed by atoms with Gasteiger partial charge in [-0.05, 0) is 24.1 Å². The molecule has 0 unspecified atom stereocenters. The molecule has 0 fully saturated rings. The number of esters is 1. The molecule has 148 valence electrons. The molecular weight excluding hydrogens is 362 g/mol. The Morgan fingerprint density at radius 2 is 1.89 bits per heavy atom. The molecule has 0 aromatic heterocycles. The fourth-order valence-corrected chi connectivity index (χ4v) is 2.42.